The summed E-state index contributed by atoms with van der Waals surface area (Å²) in [4.78, 5) is 36.2. The highest BCUT2D eigenvalue weighted by molar-refractivity contribution is 6.06. The van der Waals surface area contributed by atoms with Gasteiger partial charge in [0.05, 0.1) is 12.7 Å². The van der Waals surface area contributed by atoms with E-state index in [9.17, 15) is 18.8 Å². The molecule has 2 aromatic rings. The molecule has 0 heterocycles. The van der Waals surface area contributed by atoms with Crippen LogP contribution in [0.5, 0.6) is 11.5 Å². The first-order valence-corrected chi connectivity index (χ1v) is 8.32. The Morgan fingerprint density at radius 2 is 1.68 bits per heavy atom. The average molecular weight is 389 g/mol. The van der Waals surface area contributed by atoms with Crippen molar-refractivity contribution in [1.82, 2.24) is 5.32 Å². The van der Waals surface area contributed by atoms with Crippen molar-refractivity contribution < 1.29 is 33.0 Å². The lowest BCUT2D eigenvalue weighted by Gasteiger charge is -2.24. The number of hydrogen-bond acceptors (Lipinski definition) is 6. The Morgan fingerprint density at radius 3 is 2.32 bits per heavy atom. The van der Waals surface area contributed by atoms with E-state index in [-0.39, 0.29) is 11.3 Å². The van der Waals surface area contributed by atoms with Gasteiger partial charge < -0.3 is 14.2 Å². The fraction of sp³-hybridized carbons (Fsp3) is 0.250. The number of esters is 1. The maximum absolute atomic E-state index is 12.9. The largest absolute Gasteiger partial charge is 0.496 e. The first-order chi connectivity index (χ1) is 13.2. The Bertz CT molecular complexity index is 863. The fourth-order valence-corrected chi connectivity index (χ4v) is 2.21. The van der Waals surface area contributed by atoms with Gasteiger partial charge in [0.15, 0.2) is 12.2 Å². The van der Waals surface area contributed by atoms with Crippen molar-refractivity contribution in [3.8, 4) is 11.5 Å². The molecule has 0 aliphatic heterocycles. The summed E-state index contributed by atoms with van der Waals surface area (Å²) in [6, 6.07) is 11.5. The lowest BCUT2D eigenvalue weighted by Crippen LogP contribution is -2.42. The number of benzene rings is 2. The number of imide groups is 1. The van der Waals surface area contributed by atoms with Gasteiger partial charge in [0.25, 0.3) is 11.8 Å². The van der Waals surface area contributed by atoms with Crippen molar-refractivity contribution in [3.05, 3.63) is 59.9 Å². The molecule has 0 saturated heterocycles. The number of rotatable bonds is 7. The Morgan fingerprint density at radius 1 is 1.04 bits per heavy atom. The topological polar surface area (TPSA) is 90.9 Å². The van der Waals surface area contributed by atoms with Crippen LogP contribution in [0.15, 0.2) is 48.5 Å². The van der Waals surface area contributed by atoms with Crippen LogP contribution in [0.4, 0.5) is 4.39 Å². The minimum absolute atomic E-state index is 0.171. The zero-order valence-corrected chi connectivity index (χ0v) is 15.7. The second-order valence-electron chi connectivity index (χ2n) is 6.22. The molecule has 2 rings (SSSR count). The van der Waals surface area contributed by atoms with Crippen LogP contribution < -0.4 is 14.8 Å². The van der Waals surface area contributed by atoms with Crippen molar-refractivity contribution in [2.75, 3.05) is 13.7 Å². The van der Waals surface area contributed by atoms with E-state index in [1.165, 1.54) is 51.3 Å². The molecule has 8 heteroatoms. The minimum atomic E-state index is -1.43. The van der Waals surface area contributed by atoms with Gasteiger partial charge in [0.1, 0.15) is 17.3 Å². The second-order valence-corrected chi connectivity index (χ2v) is 6.22. The van der Waals surface area contributed by atoms with Gasteiger partial charge in [0.2, 0.25) is 0 Å². The van der Waals surface area contributed by atoms with E-state index in [0.29, 0.717) is 5.75 Å². The molecular weight excluding hydrogens is 369 g/mol. The van der Waals surface area contributed by atoms with Crippen molar-refractivity contribution in [1.29, 1.82) is 0 Å². The van der Waals surface area contributed by atoms with Gasteiger partial charge in [0, 0.05) is 0 Å². The number of methoxy groups -OCH3 is 1. The zero-order valence-electron chi connectivity index (χ0n) is 15.7. The summed E-state index contributed by atoms with van der Waals surface area (Å²) in [5.41, 5.74) is -1.25. The Labute approximate surface area is 161 Å². The zero-order chi connectivity index (χ0) is 20.7. The van der Waals surface area contributed by atoms with Crippen LogP contribution in [0.25, 0.3) is 0 Å². The summed E-state index contributed by atoms with van der Waals surface area (Å²) in [6.07, 6.45) is 0. The highest BCUT2D eigenvalue weighted by Gasteiger charge is 2.32. The van der Waals surface area contributed by atoms with E-state index in [1.807, 2.05) is 0 Å². The number of carbonyl (C=O) groups excluding carboxylic acids is 3. The molecule has 2 aromatic carbocycles. The summed E-state index contributed by atoms with van der Waals surface area (Å²) in [6.45, 7) is 2.21. The van der Waals surface area contributed by atoms with Gasteiger partial charge in [-0.2, -0.15) is 0 Å². The van der Waals surface area contributed by atoms with Gasteiger partial charge in [-0.05, 0) is 50.2 Å². The number of amides is 2. The van der Waals surface area contributed by atoms with Crippen LogP contribution in [0.2, 0.25) is 0 Å². The van der Waals surface area contributed by atoms with Crippen LogP contribution in [0.1, 0.15) is 24.2 Å². The minimum Gasteiger partial charge on any atom is -0.496 e. The molecule has 0 aromatic heterocycles. The molecule has 0 aliphatic carbocycles. The Hall–Kier alpha value is -3.42. The number of nitrogens with one attached hydrogen (secondary N) is 1. The molecule has 0 atom stereocenters. The molecule has 0 unspecified atom stereocenters. The van der Waals surface area contributed by atoms with E-state index in [4.69, 9.17) is 14.2 Å². The van der Waals surface area contributed by atoms with Gasteiger partial charge in [-0.15, -0.1) is 0 Å². The Kier molecular flexibility index (Phi) is 6.70. The highest BCUT2D eigenvalue weighted by Crippen LogP contribution is 2.20. The number of para-hydroxylation sites is 1. The maximum Gasteiger partial charge on any atom is 0.350 e. The highest BCUT2D eigenvalue weighted by atomic mass is 19.1. The van der Waals surface area contributed by atoms with Gasteiger partial charge in [-0.3, -0.25) is 14.9 Å². The van der Waals surface area contributed by atoms with E-state index in [2.05, 4.69) is 5.32 Å². The van der Waals surface area contributed by atoms with Crippen molar-refractivity contribution in [2.24, 2.45) is 0 Å². The van der Waals surface area contributed by atoms with Crippen LogP contribution in [0.3, 0.4) is 0 Å². The molecule has 148 valence electrons. The third-order valence-electron chi connectivity index (χ3n) is 3.62. The van der Waals surface area contributed by atoms with Crippen LogP contribution >= 0.6 is 0 Å². The first-order valence-electron chi connectivity index (χ1n) is 8.32. The first kappa shape index (κ1) is 20.9. The van der Waals surface area contributed by atoms with E-state index >= 15 is 0 Å². The second kappa shape index (κ2) is 8.98. The summed E-state index contributed by atoms with van der Waals surface area (Å²) >= 11 is 0. The monoisotopic (exact) mass is 389 g/mol. The predicted octanol–water partition coefficient (Wildman–Crippen LogP) is 2.49. The van der Waals surface area contributed by atoms with Crippen molar-refractivity contribution in [2.45, 2.75) is 19.4 Å². The number of halogens is 1. The lowest BCUT2D eigenvalue weighted by molar-refractivity contribution is -0.161. The fourth-order valence-electron chi connectivity index (χ4n) is 2.21. The van der Waals surface area contributed by atoms with Crippen LogP contribution in [-0.4, -0.2) is 37.1 Å². The Balaban J connectivity index is 1.89. The van der Waals surface area contributed by atoms with Crippen molar-refractivity contribution in [3.63, 3.8) is 0 Å². The van der Waals surface area contributed by atoms with Crippen molar-refractivity contribution >= 4 is 17.8 Å². The summed E-state index contributed by atoms with van der Waals surface area (Å²) in [7, 11) is 1.40. The molecule has 7 nitrogen and oxygen atoms in total. The lowest BCUT2D eigenvalue weighted by atomic mass is 10.1. The van der Waals surface area contributed by atoms with Gasteiger partial charge >= 0.3 is 5.97 Å². The standard InChI is InChI=1S/C20H20FNO6/c1-20(2,28-14-10-8-13(21)9-11-14)19(25)27-12-17(23)22-18(24)15-6-4-5-7-16(15)26-3/h4-11H,12H2,1-3H3,(H,22,23,24). The van der Waals surface area contributed by atoms with Crippen LogP contribution in [0, 0.1) is 5.82 Å². The molecule has 1 N–H and O–H groups in total. The number of ether oxygens (including phenoxy) is 3. The average Bonchev–Trinajstić information content (AvgIpc) is 2.67. The molecule has 0 saturated carbocycles. The molecule has 0 spiro atoms. The third kappa shape index (κ3) is 5.54. The van der Waals surface area contributed by atoms with E-state index in [1.54, 1.807) is 18.2 Å². The van der Waals surface area contributed by atoms with Gasteiger partial charge in [-0.25, -0.2) is 9.18 Å². The molecule has 0 fully saturated rings. The molecule has 0 bridgehead atoms. The maximum atomic E-state index is 12.9. The third-order valence-corrected chi connectivity index (χ3v) is 3.62. The van der Waals surface area contributed by atoms with Gasteiger partial charge in [-0.1, -0.05) is 12.1 Å². The molecular formula is C20H20FNO6. The molecule has 0 aliphatic rings. The molecule has 0 radical (unpaired) electrons. The van der Waals surface area contributed by atoms with E-state index in [0.717, 1.165) is 0 Å². The van der Waals surface area contributed by atoms with Crippen LogP contribution in [-0.2, 0) is 14.3 Å². The van der Waals surface area contributed by atoms with E-state index < -0.39 is 35.8 Å². The quantitative estimate of drug-likeness (QED) is 0.732. The summed E-state index contributed by atoms with van der Waals surface area (Å²) < 4.78 is 28.4. The number of carbonyl (C=O) groups is 3. The molecule has 28 heavy (non-hydrogen) atoms. The normalized spacial score (nSPS) is 10.7. The SMILES string of the molecule is COc1ccccc1C(=O)NC(=O)COC(=O)C(C)(C)Oc1ccc(F)cc1. The predicted molar refractivity (Wildman–Crippen MR) is 97.5 cm³/mol. The smallest absolute Gasteiger partial charge is 0.350 e. The summed E-state index contributed by atoms with van der Waals surface area (Å²) in [5.74, 6) is -2.18. The summed E-state index contributed by atoms with van der Waals surface area (Å²) in [5, 5.41) is 2.12. The molecule has 2 amide bonds. The number of hydrogen-bond donors (Lipinski definition) is 1.